The monoisotopic (exact) mass is 193 g/mol. The number of alkyl halides is 1. The third-order valence-corrected chi connectivity index (χ3v) is 1.60. The summed E-state index contributed by atoms with van der Waals surface area (Å²) in [7, 11) is 0. The summed E-state index contributed by atoms with van der Waals surface area (Å²) >= 11 is 3.31. The van der Waals surface area contributed by atoms with Gasteiger partial charge in [-0.2, -0.15) is 0 Å². The fraction of sp³-hybridized carbons (Fsp3) is 0.833. The predicted octanol–water partition coefficient (Wildman–Crippen LogP) is 1.35. The smallest absolute Gasteiger partial charge is 0.192 e. The highest BCUT2D eigenvalue weighted by atomic mass is 79.9. The molecule has 0 amide bonds. The Morgan fingerprint density at radius 3 is 2.67 bits per heavy atom. The third kappa shape index (κ3) is 2.56. The zero-order chi connectivity index (χ0) is 6.53. The van der Waals surface area contributed by atoms with Gasteiger partial charge in [0.25, 0.3) is 0 Å². The van der Waals surface area contributed by atoms with Crippen LogP contribution in [-0.4, -0.2) is 24.8 Å². The molecule has 0 N–H and O–H groups in total. The van der Waals surface area contributed by atoms with E-state index in [9.17, 15) is 0 Å². The second-order valence-electron chi connectivity index (χ2n) is 1.86. The first-order valence-electron chi connectivity index (χ1n) is 3.04. The summed E-state index contributed by atoms with van der Waals surface area (Å²) in [5, 5.41) is 0.942. The van der Waals surface area contributed by atoms with Crippen LogP contribution < -0.4 is 0 Å². The van der Waals surface area contributed by atoms with Crippen LogP contribution in [0.2, 0.25) is 0 Å². The number of hydrogen-bond acceptors (Lipinski definition) is 2. The maximum Gasteiger partial charge on any atom is 0.192 e. The van der Waals surface area contributed by atoms with Crippen molar-refractivity contribution in [3.8, 4) is 0 Å². The number of rotatable bonds is 2. The van der Waals surface area contributed by atoms with E-state index in [0.717, 1.165) is 25.0 Å². The molecule has 1 aliphatic rings. The molecule has 0 radical (unpaired) electrons. The van der Waals surface area contributed by atoms with Crippen molar-refractivity contribution in [2.24, 2.45) is 0 Å². The minimum Gasteiger partial charge on any atom is -0.311 e. The average molecular weight is 194 g/mol. The molecule has 0 spiro atoms. The molecule has 0 aromatic heterocycles. The minimum atomic E-state index is 0.0226. The van der Waals surface area contributed by atoms with E-state index in [-0.39, 0.29) is 6.29 Å². The van der Waals surface area contributed by atoms with Gasteiger partial charge in [-0.15, -0.1) is 0 Å². The van der Waals surface area contributed by atoms with E-state index in [0.29, 0.717) is 0 Å². The van der Waals surface area contributed by atoms with Crippen LogP contribution >= 0.6 is 15.9 Å². The van der Waals surface area contributed by atoms with E-state index in [4.69, 9.17) is 9.47 Å². The molecular formula is C6H10BrO2+. The molecule has 1 rings (SSSR count). The summed E-state index contributed by atoms with van der Waals surface area (Å²) in [6.07, 6.45) is 2.94. The van der Waals surface area contributed by atoms with Crippen LogP contribution in [0.25, 0.3) is 0 Å². The fourth-order valence-electron chi connectivity index (χ4n) is 0.703. The SMILES string of the molecule is BrCCC1OC[CH+]CO1. The lowest BCUT2D eigenvalue weighted by molar-refractivity contribution is -0.158. The summed E-state index contributed by atoms with van der Waals surface area (Å²) in [6.45, 7) is 1.47. The molecule has 2 nitrogen and oxygen atoms in total. The standard InChI is InChI=1S/C6H10BrO2/c7-3-2-6-8-4-1-5-9-6/h1,6H,2-5H2/q+1. The molecular weight excluding hydrogens is 184 g/mol. The molecule has 0 aromatic carbocycles. The molecule has 0 unspecified atom stereocenters. The van der Waals surface area contributed by atoms with Gasteiger partial charge in [0.15, 0.2) is 19.5 Å². The first-order valence-corrected chi connectivity index (χ1v) is 4.16. The van der Waals surface area contributed by atoms with Gasteiger partial charge in [0, 0.05) is 11.8 Å². The molecule has 0 aromatic rings. The van der Waals surface area contributed by atoms with Gasteiger partial charge >= 0.3 is 0 Å². The Balaban J connectivity index is 2.08. The zero-order valence-electron chi connectivity index (χ0n) is 5.18. The number of halogens is 1. The molecule has 52 valence electrons. The normalized spacial score (nSPS) is 21.4. The van der Waals surface area contributed by atoms with E-state index in [1.54, 1.807) is 0 Å². The van der Waals surface area contributed by atoms with Crippen LogP contribution in [-0.2, 0) is 9.47 Å². The lowest BCUT2D eigenvalue weighted by atomic mass is 10.4. The van der Waals surface area contributed by atoms with Gasteiger partial charge in [0.2, 0.25) is 0 Å². The maximum atomic E-state index is 5.21. The van der Waals surface area contributed by atoms with Crippen molar-refractivity contribution in [3.05, 3.63) is 6.42 Å². The van der Waals surface area contributed by atoms with Crippen LogP contribution in [0, 0.1) is 6.42 Å². The number of ether oxygens (including phenoxy) is 2. The highest BCUT2D eigenvalue weighted by Gasteiger charge is 2.17. The highest BCUT2D eigenvalue weighted by Crippen LogP contribution is 2.08. The second-order valence-corrected chi connectivity index (χ2v) is 2.66. The summed E-state index contributed by atoms with van der Waals surface area (Å²) in [5.74, 6) is 0. The Hall–Kier alpha value is 0.270. The first-order chi connectivity index (χ1) is 4.43. The summed E-state index contributed by atoms with van der Waals surface area (Å²) in [5.41, 5.74) is 0. The lowest BCUT2D eigenvalue weighted by Gasteiger charge is -2.16. The quantitative estimate of drug-likeness (QED) is 0.488. The van der Waals surface area contributed by atoms with Gasteiger partial charge in [0.1, 0.15) is 6.42 Å². The van der Waals surface area contributed by atoms with Gasteiger partial charge in [0.05, 0.1) is 0 Å². The van der Waals surface area contributed by atoms with E-state index in [2.05, 4.69) is 15.9 Å². The predicted molar refractivity (Wildman–Crippen MR) is 38.4 cm³/mol. The molecule has 0 bridgehead atoms. The van der Waals surface area contributed by atoms with Crippen molar-refractivity contribution in [2.45, 2.75) is 12.7 Å². The molecule has 0 saturated carbocycles. The maximum absolute atomic E-state index is 5.21. The van der Waals surface area contributed by atoms with Crippen molar-refractivity contribution in [1.29, 1.82) is 0 Å². The van der Waals surface area contributed by atoms with Crippen LogP contribution in [0.5, 0.6) is 0 Å². The van der Waals surface area contributed by atoms with Gasteiger partial charge in [-0.3, -0.25) is 0 Å². The van der Waals surface area contributed by atoms with E-state index < -0.39 is 0 Å². The van der Waals surface area contributed by atoms with Crippen molar-refractivity contribution in [1.82, 2.24) is 0 Å². The van der Waals surface area contributed by atoms with Gasteiger partial charge in [-0.05, 0) is 0 Å². The lowest BCUT2D eigenvalue weighted by Crippen LogP contribution is -2.25. The second kappa shape index (κ2) is 4.14. The molecule has 1 fully saturated rings. The van der Waals surface area contributed by atoms with E-state index >= 15 is 0 Å². The Kier molecular flexibility index (Phi) is 3.40. The van der Waals surface area contributed by atoms with Crippen LogP contribution in [0.3, 0.4) is 0 Å². The zero-order valence-corrected chi connectivity index (χ0v) is 6.76. The molecule has 3 heteroatoms. The molecule has 1 heterocycles. The Labute approximate surface area is 63.7 Å². The molecule has 9 heavy (non-hydrogen) atoms. The van der Waals surface area contributed by atoms with Gasteiger partial charge < -0.3 is 9.47 Å². The molecule has 0 atom stereocenters. The third-order valence-electron chi connectivity index (χ3n) is 1.14. The summed E-state index contributed by atoms with van der Waals surface area (Å²) in [6, 6.07) is 0. The Bertz CT molecular complexity index is 68.7. The van der Waals surface area contributed by atoms with Crippen LogP contribution in [0.15, 0.2) is 0 Å². The average Bonchev–Trinajstić information content (AvgIpc) is 1.91. The highest BCUT2D eigenvalue weighted by molar-refractivity contribution is 9.09. The van der Waals surface area contributed by atoms with Crippen LogP contribution in [0.1, 0.15) is 6.42 Å². The number of hydrogen-bond donors (Lipinski definition) is 0. The summed E-state index contributed by atoms with van der Waals surface area (Å²) in [4.78, 5) is 0. The van der Waals surface area contributed by atoms with Gasteiger partial charge in [-0.25, -0.2) is 0 Å². The van der Waals surface area contributed by atoms with Crippen molar-refractivity contribution in [2.75, 3.05) is 18.5 Å². The molecule has 0 aliphatic carbocycles. The minimum absolute atomic E-state index is 0.0226. The van der Waals surface area contributed by atoms with E-state index in [1.807, 2.05) is 6.42 Å². The first kappa shape index (κ1) is 7.38. The van der Waals surface area contributed by atoms with Crippen molar-refractivity contribution >= 4 is 15.9 Å². The molecule has 1 aliphatic heterocycles. The Morgan fingerprint density at radius 1 is 1.44 bits per heavy atom. The largest absolute Gasteiger partial charge is 0.311 e. The van der Waals surface area contributed by atoms with E-state index in [1.165, 1.54) is 0 Å². The van der Waals surface area contributed by atoms with Crippen molar-refractivity contribution in [3.63, 3.8) is 0 Å². The summed E-state index contributed by atoms with van der Waals surface area (Å²) < 4.78 is 10.4. The van der Waals surface area contributed by atoms with Crippen LogP contribution in [0.4, 0.5) is 0 Å². The van der Waals surface area contributed by atoms with Crippen molar-refractivity contribution < 1.29 is 9.47 Å². The fourth-order valence-corrected chi connectivity index (χ4v) is 1.08. The van der Waals surface area contributed by atoms with Gasteiger partial charge in [-0.1, -0.05) is 15.9 Å². The topological polar surface area (TPSA) is 18.5 Å². The Morgan fingerprint density at radius 2 is 2.11 bits per heavy atom. The molecule has 1 saturated heterocycles.